The number of nitrogens with zero attached hydrogens (tertiary/aromatic N) is 2. The number of ether oxygens (including phenoxy) is 1. The minimum Gasteiger partial charge on any atom is -0.439 e. The molecule has 2 heterocycles. The van der Waals surface area contributed by atoms with E-state index in [-0.39, 0.29) is 24.8 Å². The van der Waals surface area contributed by atoms with Gasteiger partial charge in [-0.1, -0.05) is 30.3 Å². The molecule has 1 fully saturated rings. The van der Waals surface area contributed by atoms with Crippen LogP contribution in [0.1, 0.15) is 19.7 Å². The van der Waals surface area contributed by atoms with E-state index in [0.717, 1.165) is 5.56 Å². The van der Waals surface area contributed by atoms with Crippen molar-refractivity contribution in [1.82, 2.24) is 15.2 Å². The predicted octanol–water partition coefficient (Wildman–Crippen LogP) is 2.66. The van der Waals surface area contributed by atoms with Crippen molar-refractivity contribution < 1.29 is 13.9 Å². The van der Waals surface area contributed by atoms with Gasteiger partial charge in [-0.2, -0.15) is 0 Å². The summed E-state index contributed by atoms with van der Waals surface area (Å²) in [6.45, 7) is 5.39. The topological polar surface area (TPSA) is 67.6 Å². The molecule has 0 aliphatic carbocycles. The van der Waals surface area contributed by atoms with Crippen LogP contribution in [0.3, 0.4) is 0 Å². The van der Waals surface area contributed by atoms with Crippen LogP contribution < -0.4 is 5.32 Å². The molecule has 0 radical (unpaired) electrons. The van der Waals surface area contributed by atoms with Gasteiger partial charge in [0, 0.05) is 18.7 Å². The zero-order valence-corrected chi connectivity index (χ0v) is 13.4. The third-order valence-electron chi connectivity index (χ3n) is 3.71. The lowest BCUT2D eigenvalue weighted by Crippen LogP contribution is -2.51. The number of hydrogen-bond donors (Lipinski definition) is 1. The first-order valence-electron chi connectivity index (χ1n) is 7.80. The zero-order valence-electron chi connectivity index (χ0n) is 13.4. The van der Waals surface area contributed by atoms with Gasteiger partial charge in [0.05, 0.1) is 24.9 Å². The number of morpholine rings is 1. The quantitative estimate of drug-likeness (QED) is 0.945. The van der Waals surface area contributed by atoms with Crippen molar-refractivity contribution in [2.45, 2.75) is 32.6 Å². The molecule has 2 aromatic rings. The van der Waals surface area contributed by atoms with Gasteiger partial charge in [-0.3, -0.25) is 0 Å². The molecule has 1 aliphatic rings. The summed E-state index contributed by atoms with van der Waals surface area (Å²) >= 11 is 0. The van der Waals surface area contributed by atoms with Crippen molar-refractivity contribution >= 4 is 6.03 Å². The Balaban J connectivity index is 1.56. The second-order valence-electron chi connectivity index (χ2n) is 5.81. The van der Waals surface area contributed by atoms with Crippen molar-refractivity contribution in [1.29, 1.82) is 0 Å². The predicted molar refractivity (Wildman–Crippen MR) is 85.8 cm³/mol. The van der Waals surface area contributed by atoms with Gasteiger partial charge in [0.2, 0.25) is 5.89 Å². The fourth-order valence-corrected chi connectivity index (χ4v) is 2.73. The van der Waals surface area contributed by atoms with E-state index >= 15 is 0 Å². The first-order chi connectivity index (χ1) is 11.1. The highest BCUT2D eigenvalue weighted by Crippen LogP contribution is 2.19. The first-order valence-corrected chi connectivity index (χ1v) is 7.80. The molecule has 3 rings (SSSR count). The van der Waals surface area contributed by atoms with Gasteiger partial charge in [0.1, 0.15) is 0 Å². The molecule has 23 heavy (non-hydrogen) atoms. The molecule has 0 bridgehead atoms. The summed E-state index contributed by atoms with van der Waals surface area (Å²) in [5.74, 6) is 1.19. The molecule has 1 aromatic carbocycles. The van der Waals surface area contributed by atoms with Gasteiger partial charge in [-0.25, -0.2) is 9.78 Å². The summed E-state index contributed by atoms with van der Waals surface area (Å²) < 4.78 is 11.3. The molecular formula is C17H21N3O3. The van der Waals surface area contributed by atoms with E-state index in [0.29, 0.717) is 24.7 Å². The van der Waals surface area contributed by atoms with Crippen molar-refractivity contribution in [2.24, 2.45) is 0 Å². The molecular weight excluding hydrogens is 294 g/mol. The van der Waals surface area contributed by atoms with E-state index < -0.39 is 0 Å². The summed E-state index contributed by atoms with van der Waals surface area (Å²) in [7, 11) is 0. The molecule has 6 heteroatoms. The van der Waals surface area contributed by atoms with Gasteiger partial charge in [-0.15, -0.1) is 0 Å². The molecule has 0 saturated carbocycles. The number of benzene rings is 1. The number of nitrogens with one attached hydrogen (secondary N) is 1. The summed E-state index contributed by atoms with van der Waals surface area (Å²) in [4.78, 5) is 18.2. The Morgan fingerprint density at radius 1 is 1.26 bits per heavy atom. The minimum absolute atomic E-state index is 0.0518. The van der Waals surface area contributed by atoms with Crippen molar-refractivity contribution in [3.05, 3.63) is 42.4 Å². The number of urea groups is 1. The molecule has 1 aliphatic heterocycles. The van der Waals surface area contributed by atoms with E-state index in [4.69, 9.17) is 9.15 Å². The van der Waals surface area contributed by atoms with Crippen molar-refractivity contribution in [3.8, 4) is 11.3 Å². The van der Waals surface area contributed by atoms with Gasteiger partial charge < -0.3 is 19.4 Å². The van der Waals surface area contributed by atoms with Crippen LogP contribution in [0.15, 0.2) is 40.9 Å². The Morgan fingerprint density at radius 3 is 2.65 bits per heavy atom. The summed E-state index contributed by atoms with van der Waals surface area (Å²) in [6.07, 6.45) is 1.78. The summed E-state index contributed by atoms with van der Waals surface area (Å²) in [5, 5.41) is 2.85. The Hall–Kier alpha value is -2.34. The molecule has 6 nitrogen and oxygen atoms in total. The number of hydrogen-bond acceptors (Lipinski definition) is 4. The van der Waals surface area contributed by atoms with Crippen molar-refractivity contribution in [2.75, 3.05) is 13.1 Å². The maximum Gasteiger partial charge on any atom is 0.318 e. The summed E-state index contributed by atoms with van der Waals surface area (Å²) in [6, 6.07) is 9.64. The van der Waals surface area contributed by atoms with Crippen LogP contribution in [0, 0.1) is 0 Å². The van der Waals surface area contributed by atoms with Gasteiger partial charge in [0.25, 0.3) is 0 Å². The molecule has 122 valence electrons. The second kappa shape index (κ2) is 6.83. The first kappa shape index (κ1) is 15.6. The van der Waals surface area contributed by atoms with Crippen molar-refractivity contribution in [3.63, 3.8) is 0 Å². The van der Waals surface area contributed by atoms with Crippen LogP contribution in [0.5, 0.6) is 0 Å². The third-order valence-corrected chi connectivity index (χ3v) is 3.71. The maximum atomic E-state index is 12.2. The van der Waals surface area contributed by atoms with E-state index in [2.05, 4.69) is 10.3 Å². The Bertz CT molecular complexity index is 646. The fraction of sp³-hybridized carbons (Fsp3) is 0.412. The average Bonchev–Trinajstić information content (AvgIpc) is 3.01. The number of rotatable bonds is 3. The minimum atomic E-state index is -0.119. The van der Waals surface area contributed by atoms with Crippen LogP contribution in [0.2, 0.25) is 0 Å². The monoisotopic (exact) mass is 315 g/mol. The lowest BCUT2D eigenvalue weighted by atomic mass is 10.2. The largest absolute Gasteiger partial charge is 0.439 e. The fourth-order valence-electron chi connectivity index (χ4n) is 2.73. The molecule has 2 atom stereocenters. The lowest BCUT2D eigenvalue weighted by Gasteiger charge is -2.35. The van der Waals surface area contributed by atoms with E-state index in [1.807, 2.05) is 44.2 Å². The van der Waals surface area contributed by atoms with Gasteiger partial charge in [0.15, 0.2) is 5.76 Å². The van der Waals surface area contributed by atoms with E-state index in [1.54, 1.807) is 11.1 Å². The second-order valence-corrected chi connectivity index (χ2v) is 5.81. The number of aromatic nitrogens is 1. The van der Waals surface area contributed by atoms with Gasteiger partial charge in [-0.05, 0) is 13.8 Å². The highest BCUT2D eigenvalue weighted by atomic mass is 16.5. The number of carbonyl (C=O) groups is 1. The Kier molecular flexibility index (Phi) is 4.62. The van der Waals surface area contributed by atoms with E-state index in [1.165, 1.54) is 0 Å². The molecule has 0 unspecified atom stereocenters. The van der Waals surface area contributed by atoms with E-state index in [9.17, 15) is 4.79 Å². The SMILES string of the molecule is C[C@@H]1CN(C(=O)NCc2ncc(-c3ccccc3)o2)C[C@@H](C)O1. The van der Waals surface area contributed by atoms with Gasteiger partial charge >= 0.3 is 6.03 Å². The van der Waals surface area contributed by atoms with Crippen LogP contribution >= 0.6 is 0 Å². The molecule has 1 saturated heterocycles. The number of oxazole rings is 1. The van der Waals surface area contributed by atoms with Crippen LogP contribution in [0.4, 0.5) is 4.79 Å². The smallest absolute Gasteiger partial charge is 0.318 e. The number of carbonyl (C=O) groups excluding carboxylic acids is 1. The highest BCUT2D eigenvalue weighted by molar-refractivity contribution is 5.74. The maximum absolute atomic E-state index is 12.2. The van der Waals surface area contributed by atoms with Crippen LogP contribution in [0.25, 0.3) is 11.3 Å². The van der Waals surface area contributed by atoms with Crippen LogP contribution in [-0.2, 0) is 11.3 Å². The normalized spacial score (nSPS) is 21.2. The Labute approximate surface area is 135 Å². The lowest BCUT2D eigenvalue weighted by molar-refractivity contribution is -0.0545. The standard InChI is InChI=1S/C17H21N3O3/c1-12-10-20(11-13(2)22-12)17(21)19-9-16-18-8-15(23-16)14-6-4-3-5-7-14/h3-8,12-13H,9-11H2,1-2H3,(H,19,21)/t12-,13-/m1/s1. The molecule has 0 spiro atoms. The molecule has 1 aromatic heterocycles. The zero-order chi connectivity index (χ0) is 16.2. The molecule has 2 amide bonds. The Morgan fingerprint density at radius 2 is 1.96 bits per heavy atom. The number of amides is 2. The average molecular weight is 315 g/mol. The van der Waals surface area contributed by atoms with Crippen LogP contribution in [-0.4, -0.2) is 41.2 Å². The summed E-state index contributed by atoms with van der Waals surface area (Å²) in [5.41, 5.74) is 0.966. The third kappa shape index (κ3) is 3.90. The highest BCUT2D eigenvalue weighted by Gasteiger charge is 2.25. The molecule has 1 N–H and O–H groups in total.